The summed E-state index contributed by atoms with van der Waals surface area (Å²) >= 11 is 4.59. The molecule has 2 heteroatoms. The minimum Gasteiger partial charge on any atom is -0.192 e. The quantitative estimate of drug-likeness (QED) is 0.776. The van der Waals surface area contributed by atoms with Gasteiger partial charge in [-0.1, -0.05) is 42.5 Å². The summed E-state index contributed by atoms with van der Waals surface area (Å²) in [6.45, 7) is 0. The number of thiol groups is 1. The fraction of sp³-hybridized carbons (Fsp3) is 0.0714. The van der Waals surface area contributed by atoms with E-state index >= 15 is 0 Å². The minimum absolute atomic E-state index is 0.0638. The molecule has 2 rings (SSSR count). The van der Waals surface area contributed by atoms with Crippen LogP contribution in [0.15, 0.2) is 54.6 Å². The lowest BCUT2D eigenvalue weighted by Crippen LogP contribution is -1.92. The summed E-state index contributed by atoms with van der Waals surface area (Å²) in [7, 11) is 0. The van der Waals surface area contributed by atoms with Crippen LogP contribution in [0.25, 0.3) is 0 Å². The van der Waals surface area contributed by atoms with Gasteiger partial charge in [0, 0.05) is 0 Å². The largest absolute Gasteiger partial charge is 0.192 e. The molecule has 1 unspecified atom stereocenters. The van der Waals surface area contributed by atoms with Crippen molar-refractivity contribution in [2.75, 3.05) is 0 Å². The Labute approximate surface area is 101 Å². The Balaban J connectivity index is 2.28. The van der Waals surface area contributed by atoms with Crippen LogP contribution < -0.4 is 0 Å². The van der Waals surface area contributed by atoms with Gasteiger partial charge in [-0.15, -0.1) is 0 Å². The first-order chi connectivity index (χ1) is 7.81. The molecule has 0 aromatic heterocycles. The zero-order chi connectivity index (χ0) is 11.4. The van der Waals surface area contributed by atoms with Gasteiger partial charge in [0.1, 0.15) is 0 Å². The second-order valence-electron chi connectivity index (χ2n) is 3.55. The number of nitrogens with zero attached hydrogens (tertiary/aromatic N) is 1. The van der Waals surface area contributed by atoms with Crippen LogP contribution in [-0.2, 0) is 0 Å². The van der Waals surface area contributed by atoms with Crippen molar-refractivity contribution in [1.82, 2.24) is 0 Å². The van der Waals surface area contributed by atoms with Crippen LogP contribution >= 0.6 is 12.6 Å². The van der Waals surface area contributed by atoms with Crippen molar-refractivity contribution in [1.29, 1.82) is 5.26 Å². The van der Waals surface area contributed by atoms with E-state index in [1.165, 1.54) is 0 Å². The molecular weight excluding hydrogens is 214 g/mol. The minimum atomic E-state index is 0.0638. The summed E-state index contributed by atoms with van der Waals surface area (Å²) in [6.07, 6.45) is 0. The van der Waals surface area contributed by atoms with E-state index in [9.17, 15) is 0 Å². The molecule has 0 aliphatic carbocycles. The Morgan fingerprint density at radius 1 is 0.875 bits per heavy atom. The van der Waals surface area contributed by atoms with E-state index in [-0.39, 0.29) is 5.25 Å². The van der Waals surface area contributed by atoms with Crippen molar-refractivity contribution in [3.8, 4) is 6.07 Å². The maximum absolute atomic E-state index is 8.72. The summed E-state index contributed by atoms with van der Waals surface area (Å²) in [4.78, 5) is 0. The molecule has 0 saturated heterocycles. The van der Waals surface area contributed by atoms with Crippen molar-refractivity contribution in [2.45, 2.75) is 5.25 Å². The van der Waals surface area contributed by atoms with Gasteiger partial charge < -0.3 is 0 Å². The smallest absolute Gasteiger partial charge is 0.0991 e. The predicted molar refractivity (Wildman–Crippen MR) is 68.4 cm³/mol. The van der Waals surface area contributed by atoms with Gasteiger partial charge in [-0.2, -0.15) is 17.9 Å². The Morgan fingerprint density at radius 2 is 1.44 bits per heavy atom. The molecule has 0 fully saturated rings. The Bertz CT molecular complexity index is 497. The molecule has 0 amide bonds. The third kappa shape index (κ3) is 2.26. The van der Waals surface area contributed by atoms with Gasteiger partial charge in [-0.3, -0.25) is 0 Å². The summed E-state index contributed by atoms with van der Waals surface area (Å²) in [5, 5.41) is 8.78. The average Bonchev–Trinajstić information content (AvgIpc) is 2.39. The van der Waals surface area contributed by atoms with Gasteiger partial charge in [0.2, 0.25) is 0 Å². The summed E-state index contributed by atoms with van der Waals surface area (Å²) < 4.78 is 0. The first-order valence-electron chi connectivity index (χ1n) is 5.04. The monoisotopic (exact) mass is 225 g/mol. The van der Waals surface area contributed by atoms with Crippen LogP contribution in [0.2, 0.25) is 0 Å². The second-order valence-corrected chi connectivity index (χ2v) is 4.06. The highest BCUT2D eigenvalue weighted by atomic mass is 32.1. The molecule has 0 heterocycles. The average molecular weight is 225 g/mol. The summed E-state index contributed by atoms with van der Waals surface area (Å²) in [5.41, 5.74) is 2.95. The second kappa shape index (κ2) is 4.87. The fourth-order valence-electron chi connectivity index (χ4n) is 1.57. The van der Waals surface area contributed by atoms with Crippen LogP contribution in [0.3, 0.4) is 0 Å². The van der Waals surface area contributed by atoms with E-state index in [0.717, 1.165) is 11.1 Å². The lowest BCUT2D eigenvalue weighted by Gasteiger charge is -2.11. The highest BCUT2D eigenvalue weighted by Gasteiger charge is 2.08. The molecule has 0 aliphatic heterocycles. The van der Waals surface area contributed by atoms with Crippen molar-refractivity contribution in [3.05, 3.63) is 71.3 Å². The molecular formula is C14H11NS. The molecule has 1 atom stereocenters. The standard InChI is InChI=1S/C14H11NS/c15-10-11-6-8-13(9-7-11)14(16)12-4-2-1-3-5-12/h1-9,14,16H. The molecule has 1 nitrogen and oxygen atoms in total. The van der Waals surface area contributed by atoms with Crippen molar-refractivity contribution < 1.29 is 0 Å². The molecule has 78 valence electrons. The van der Waals surface area contributed by atoms with E-state index in [4.69, 9.17) is 5.26 Å². The van der Waals surface area contributed by atoms with Gasteiger partial charge >= 0.3 is 0 Å². The van der Waals surface area contributed by atoms with Gasteiger partial charge in [-0.05, 0) is 23.3 Å². The third-order valence-electron chi connectivity index (χ3n) is 2.47. The molecule has 0 N–H and O–H groups in total. The predicted octanol–water partition coefficient (Wildman–Crippen LogP) is 3.58. The summed E-state index contributed by atoms with van der Waals surface area (Å²) in [5.74, 6) is 0. The van der Waals surface area contributed by atoms with Crippen LogP contribution in [0, 0.1) is 11.3 Å². The number of hydrogen-bond acceptors (Lipinski definition) is 2. The molecule has 16 heavy (non-hydrogen) atoms. The molecule has 0 spiro atoms. The van der Waals surface area contributed by atoms with Gasteiger partial charge in [0.15, 0.2) is 0 Å². The van der Waals surface area contributed by atoms with Crippen molar-refractivity contribution in [3.63, 3.8) is 0 Å². The maximum atomic E-state index is 8.72. The van der Waals surface area contributed by atoms with Crippen LogP contribution in [-0.4, -0.2) is 0 Å². The third-order valence-corrected chi connectivity index (χ3v) is 3.07. The summed E-state index contributed by atoms with van der Waals surface area (Å²) in [6, 6.07) is 19.7. The zero-order valence-corrected chi connectivity index (χ0v) is 9.56. The Morgan fingerprint density at radius 3 is 2.00 bits per heavy atom. The van der Waals surface area contributed by atoms with Crippen molar-refractivity contribution >= 4 is 12.6 Å². The van der Waals surface area contributed by atoms with Gasteiger partial charge in [0.05, 0.1) is 16.9 Å². The topological polar surface area (TPSA) is 23.8 Å². The maximum Gasteiger partial charge on any atom is 0.0991 e. The molecule has 0 aliphatic rings. The number of rotatable bonds is 2. The first-order valence-corrected chi connectivity index (χ1v) is 5.56. The van der Waals surface area contributed by atoms with Crippen molar-refractivity contribution in [2.24, 2.45) is 0 Å². The Hall–Kier alpha value is -1.72. The molecule has 0 saturated carbocycles. The highest BCUT2D eigenvalue weighted by Crippen LogP contribution is 2.27. The highest BCUT2D eigenvalue weighted by molar-refractivity contribution is 7.80. The van der Waals surface area contributed by atoms with E-state index in [0.29, 0.717) is 5.56 Å². The molecule has 2 aromatic rings. The number of benzene rings is 2. The van der Waals surface area contributed by atoms with E-state index in [1.807, 2.05) is 42.5 Å². The van der Waals surface area contributed by atoms with E-state index < -0.39 is 0 Å². The first kappa shape index (κ1) is 10.8. The fourth-order valence-corrected chi connectivity index (χ4v) is 1.91. The Kier molecular flexibility index (Phi) is 3.28. The number of nitriles is 1. The molecule has 2 aromatic carbocycles. The van der Waals surface area contributed by atoms with Crippen LogP contribution in [0.5, 0.6) is 0 Å². The molecule has 0 radical (unpaired) electrons. The zero-order valence-electron chi connectivity index (χ0n) is 8.67. The lowest BCUT2D eigenvalue weighted by atomic mass is 10.0. The van der Waals surface area contributed by atoms with Gasteiger partial charge in [-0.25, -0.2) is 0 Å². The van der Waals surface area contributed by atoms with E-state index in [2.05, 4.69) is 30.8 Å². The SMILES string of the molecule is N#Cc1ccc(C(S)c2ccccc2)cc1. The van der Waals surface area contributed by atoms with Gasteiger partial charge in [0.25, 0.3) is 0 Å². The van der Waals surface area contributed by atoms with E-state index in [1.54, 1.807) is 0 Å². The number of hydrogen-bond donors (Lipinski definition) is 1. The van der Waals surface area contributed by atoms with Crippen LogP contribution in [0.4, 0.5) is 0 Å². The van der Waals surface area contributed by atoms with Crippen LogP contribution in [0.1, 0.15) is 21.9 Å². The molecule has 0 bridgehead atoms. The lowest BCUT2D eigenvalue weighted by molar-refractivity contribution is 1.16. The normalized spacial score (nSPS) is 11.8.